The van der Waals surface area contributed by atoms with E-state index in [0.29, 0.717) is 0 Å². The van der Waals surface area contributed by atoms with Gasteiger partial charge in [-0.2, -0.15) is 0 Å². The second-order valence-corrected chi connectivity index (χ2v) is 5.68. The number of thiophene rings is 1. The lowest BCUT2D eigenvalue weighted by molar-refractivity contribution is 0.277. The molecule has 1 heterocycles. The molecule has 2 rings (SSSR count). The molecule has 0 amide bonds. The van der Waals surface area contributed by atoms with Crippen LogP contribution in [0.4, 0.5) is 5.69 Å². The van der Waals surface area contributed by atoms with Crippen molar-refractivity contribution < 1.29 is 5.11 Å². The van der Waals surface area contributed by atoms with Crippen molar-refractivity contribution in [3.05, 3.63) is 50.6 Å². The fourth-order valence-corrected chi connectivity index (χ4v) is 3.29. The van der Waals surface area contributed by atoms with Crippen molar-refractivity contribution in [2.75, 3.05) is 11.9 Å². The van der Waals surface area contributed by atoms with Crippen LogP contribution in [0.15, 0.2) is 40.2 Å². The van der Waals surface area contributed by atoms with Gasteiger partial charge in [0.05, 0.1) is 12.6 Å². The van der Waals surface area contributed by atoms with Gasteiger partial charge in [0, 0.05) is 15.0 Å². The molecular formula is C13H14BrNOS. The molecular weight excluding hydrogens is 298 g/mol. The Balaban J connectivity index is 2.16. The van der Waals surface area contributed by atoms with Crippen molar-refractivity contribution in [1.82, 2.24) is 0 Å². The van der Waals surface area contributed by atoms with E-state index in [1.807, 2.05) is 23.6 Å². The van der Waals surface area contributed by atoms with E-state index >= 15 is 0 Å². The largest absolute Gasteiger partial charge is 0.394 e. The van der Waals surface area contributed by atoms with E-state index in [1.165, 1.54) is 5.56 Å². The summed E-state index contributed by atoms with van der Waals surface area (Å²) in [6.07, 6.45) is 0. The number of nitrogens with one attached hydrogen (secondary N) is 1. The lowest BCUT2D eigenvalue weighted by atomic mass is 10.2. The van der Waals surface area contributed by atoms with Crippen molar-refractivity contribution in [3.63, 3.8) is 0 Å². The molecule has 0 saturated carbocycles. The fraction of sp³-hybridized carbons (Fsp3) is 0.231. The highest BCUT2D eigenvalue weighted by Crippen LogP contribution is 2.31. The Bertz CT molecular complexity index is 480. The second kappa shape index (κ2) is 5.67. The van der Waals surface area contributed by atoms with Gasteiger partial charge in [-0.05, 0) is 46.4 Å². The second-order valence-electron chi connectivity index (χ2n) is 3.88. The number of halogens is 1. The normalized spacial score (nSPS) is 12.4. The maximum atomic E-state index is 9.46. The summed E-state index contributed by atoms with van der Waals surface area (Å²) in [7, 11) is 0. The smallest absolute Gasteiger partial charge is 0.0849 e. The number of aliphatic hydroxyl groups excluding tert-OH is 1. The van der Waals surface area contributed by atoms with Gasteiger partial charge in [0.25, 0.3) is 0 Å². The molecule has 0 aliphatic rings. The highest BCUT2D eigenvalue weighted by atomic mass is 79.9. The molecule has 0 aliphatic carbocycles. The third kappa shape index (κ3) is 3.09. The minimum atomic E-state index is -0.0629. The van der Waals surface area contributed by atoms with Crippen LogP contribution >= 0.6 is 27.3 Å². The molecule has 2 nitrogen and oxygen atoms in total. The summed E-state index contributed by atoms with van der Waals surface area (Å²) < 4.78 is 1.04. The molecule has 1 aromatic carbocycles. The van der Waals surface area contributed by atoms with Gasteiger partial charge in [0.2, 0.25) is 0 Å². The van der Waals surface area contributed by atoms with E-state index in [9.17, 15) is 5.11 Å². The number of aliphatic hydroxyl groups is 1. The Morgan fingerprint density at radius 3 is 2.53 bits per heavy atom. The first-order valence-corrected chi connectivity index (χ1v) is 7.05. The van der Waals surface area contributed by atoms with E-state index in [2.05, 4.69) is 40.3 Å². The van der Waals surface area contributed by atoms with Gasteiger partial charge < -0.3 is 10.4 Å². The zero-order valence-electron chi connectivity index (χ0n) is 9.48. The Morgan fingerprint density at radius 2 is 2.00 bits per heavy atom. The van der Waals surface area contributed by atoms with E-state index in [1.54, 1.807) is 11.3 Å². The van der Waals surface area contributed by atoms with Crippen LogP contribution in [0.5, 0.6) is 0 Å². The average Bonchev–Trinajstić information content (AvgIpc) is 2.75. The number of hydrogen-bond acceptors (Lipinski definition) is 3. The van der Waals surface area contributed by atoms with E-state index in [-0.39, 0.29) is 12.6 Å². The van der Waals surface area contributed by atoms with Gasteiger partial charge in [0.15, 0.2) is 0 Å². The minimum Gasteiger partial charge on any atom is -0.394 e. The molecule has 0 spiro atoms. The lowest BCUT2D eigenvalue weighted by Gasteiger charge is -2.17. The Morgan fingerprint density at radius 1 is 1.29 bits per heavy atom. The molecule has 2 N–H and O–H groups in total. The van der Waals surface area contributed by atoms with Crippen LogP contribution in [-0.2, 0) is 0 Å². The Kier molecular flexibility index (Phi) is 4.20. The molecule has 0 aliphatic heterocycles. The molecule has 1 atom stereocenters. The zero-order chi connectivity index (χ0) is 12.3. The van der Waals surface area contributed by atoms with Gasteiger partial charge in [-0.3, -0.25) is 0 Å². The van der Waals surface area contributed by atoms with Crippen LogP contribution in [0.1, 0.15) is 16.5 Å². The number of rotatable bonds is 4. The highest BCUT2D eigenvalue weighted by Gasteiger charge is 2.14. The summed E-state index contributed by atoms with van der Waals surface area (Å²) in [6.45, 7) is 2.14. The summed E-state index contributed by atoms with van der Waals surface area (Å²) in [6, 6.07) is 10.1. The van der Waals surface area contributed by atoms with Gasteiger partial charge in [-0.1, -0.05) is 17.7 Å². The lowest BCUT2D eigenvalue weighted by Crippen LogP contribution is -2.13. The molecule has 17 heavy (non-hydrogen) atoms. The predicted molar refractivity (Wildman–Crippen MR) is 76.6 cm³/mol. The number of hydrogen-bond donors (Lipinski definition) is 2. The van der Waals surface area contributed by atoms with E-state index < -0.39 is 0 Å². The average molecular weight is 312 g/mol. The molecule has 0 saturated heterocycles. The van der Waals surface area contributed by atoms with Crippen molar-refractivity contribution >= 4 is 33.0 Å². The number of aryl methyl sites for hydroxylation is 1. The molecule has 1 unspecified atom stereocenters. The standard InChI is InChI=1S/C13H14BrNOS/c1-9-2-4-10(5-3-9)15-12(8-16)13-11(14)6-7-17-13/h2-7,12,15-16H,8H2,1H3. The summed E-state index contributed by atoms with van der Waals surface area (Å²) in [4.78, 5) is 1.12. The molecule has 2 aromatic rings. The van der Waals surface area contributed by atoms with Crippen molar-refractivity contribution in [1.29, 1.82) is 0 Å². The molecule has 1 aromatic heterocycles. The maximum absolute atomic E-state index is 9.46. The van der Waals surface area contributed by atoms with E-state index in [4.69, 9.17) is 0 Å². The minimum absolute atomic E-state index is 0.0629. The maximum Gasteiger partial charge on any atom is 0.0849 e. The molecule has 90 valence electrons. The first-order valence-electron chi connectivity index (χ1n) is 5.37. The Hall–Kier alpha value is -0.840. The number of anilines is 1. The third-order valence-corrected chi connectivity index (χ3v) is 4.52. The highest BCUT2D eigenvalue weighted by molar-refractivity contribution is 9.10. The topological polar surface area (TPSA) is 32.3 Å². The molecule has 0 fully saturated rings. The van der Waals surface area contributed by atoms with Crippen LogP contribution < -0.4 is 5.32 Å². The van der Waals surface area contributed by atoms with Crippen LogP contribution in [0.2, 0.25) is 0 Å². The quantitative estimate of drug-likeness (QED) is 0.895. The SMILES string of the molecule is Cc1ccc(NC(CO)c2sccc2Br)cc1. The Labute approximate surface area is 113 Å². The third-order valence-electron chi connectivity index (χ3n) is 2.54. The van der Waals surface area contributed by atoms with Gasteiger partial charge in [0.1, 0.15) is 0 Å². The molecule has 0 radical (unpaired) electrons. The van der Waals surface area contributed by atoms with E-state index in [0.717, 1.165) is 15.0 Å². The number of benzene rings is 1. The van der Waals surface area contributed by atoms with Crippen LogP contribution in [0.3, 0.4) is 0 Å². The van der Waals surface area contributed by atoms with Crippen molar-refractivity contribution in [2.24, 2.45) is 0 Å². The monoisotopic (exact) mass is 311 g/mol. The first-order chi connectivity index (χ1) is 8.20. The van der Waals surface area contributed by atoms with Crippen LogP contribution in [0, 0.1) is 6.92 Å². The summed E-state index contributed by atoms with van der Waals surface area (Å²) in [5, 5.41) is 14.8. The predicted octanol–water partition coefficient (Wildman–Crippen LogP) is 3.96. The van der Waals surface area contributed by atoms with Crippen LogP contribution in [0.25, 0.3) is 0 Å². The summed E-state index contributed by atoms with van der Waals surface area (Å²) >= 11 is 5.13. The van der Waals surface area contributed by atoms with Crippen molar-refractivity contribution in [3.8, 4) is 0 Å². The summed E-state index contributed by atoms with van der Waals surface area (Å²) in [5.74, 6) is 0. The van der Waals surface area contributed by atoms with Crippen molar-refractivity contribution in [2.45, 2.75) is 13.0 Å². The zero-order valence-corrected chi connectivity index (χ0v) is 11.9. The molecule has 0 bridgehead atoms. The van der Waals surface area contributed by atoms with Gasteiger partial charge in [-0.25, -0.2) is 0 Å². The molecule has 4 heteroatoms. The summed E-state index contributed by atoms with van der Waals surface area (Å²) in [5.41, 5.74) is 2.25. The van der Waals surface area contributed by atoms with Crippen LogP contribution in [-0.4, -0.2) is 11.7 Å². The van der Waals surface area contributed by atoms with Gasteiger partial charge in [-0.15, -0.1) is 11.3 Å². The van der Waals surface area contributed by atoms with Gasteiger partial charge >= 0.3 is 0 Å². The first kappa shape index (κ1) is 12.6. The fourth-order valence-electron chi connectivity index (χ4n) is 1.60.